The molecule has 5 heteroatoms. The zero-order valence-corrected chi connectivity index (χ0v) is 14.7. The van der Waals surface area contributed by atoms with Crippen molar-refractivity contribution in [3.63, 3.8) is 0 Å². The van der Waals surface area contributed by atoms with Gasteiger partial charge >= 0.3 is 0 Å². The van der Waals surface area contributed by atoms with Crippen molar-refractivity contribution in [2.45, 2.75) is 33.2 Å². The van der Waals surface area contributed by atoms with Crippen LogP contribution in [-0.4, -0.2) is 41.0 Å². The third kappa shape index (κ3) is 3.73. The van der Waals surface area contributed by atoms with Crippen molar-refractivity contribution >= 4 is 5.82 Å². The maximum Gasteiger partial charge on any atom is 0.132 e. The second-order valence-corrected chi connectivity index (χ2v) is 6.37. The SMILES string of the molecule is CCc1cc(N2CCN(C(C)c3cccc(F)c3)CC2)nc(C)n1. The van der Waals surface area contributed by atoms with Crippen LogP contribution < -0.4 is 4.90 Å². The van der Waals surface area contributed by atoms with Gasteiger partial charge in [0, 0.05) is 44.0 Å². The van der Waals surface area contributed by atoms with E-state index in [9.17, 15) is 4.39 Å². The van der Waals surface area contributed by atoms with Crippen molar-refractivity contribution in [2.75, 3.05) is 31.1 Å². The normalized spacial score (nSPS) is 17.1. The van der Waals surface area contributed by atoms with Crippen LogP contribution in [0, 0.1) is 12.7 Å². The number of nitrogens with zero attached hydrogens (tertiary/aromatic N) is 4. The van der Waals surface area contributed by atoms with Crippen LogP contribution in [-0.2, 0) is 6.42 Å². The van der Waals surface area contributed by atoms with Gasteiger partial charge in [0.05, 0.1) is 0 Å². The molecule has 0 amide bonds. The number of hydrogen-bond acceptors (Lipinski definition) is 4. The topological polar surface area (TPSA) is 32.3 Å². The minimum atomic E-state index is -0.165. The first-order valence-corrected chi connectivity index (χ1v) is 8.66. The third-order valence-electron chi connectivity index (χ3n) is 4.76. The molecule has 2 aromatic rings. The fourth-order valence-corrected chi connectivity index (χ4v) is 3.27. The maximum atomic E-state index is 13.4. The van der Waals surface area contributed by atoms with Crippen LogP contribution in [0.25, 0.3) is 0 Å². The van der Waals surface area contributed by atoms with Gasteiger partial charge in [0.1, 0.15) is 17.5 Å². The van der Waals surface area contributed by atoms with Crippen LogP contribution >= 0.6 is 0 Å². The van der Waals surface area contributed by atoms with Gasteiger partial charge in [-0.05, 0) is 38.0 Å². The Hall–Kier alpha value is -2.01. The molecule has 1 aliphatic heterocycles. The minimum Gasteiger partial charge on any atom is -0.354 e. The van der Waals surface area contributed by atoms with Crippen LogP contribution in [0.2, 0.25) is 0 Å². The molecule has 2 heterocycles. The number of aryl methyl sites for hydroxylation is 2. The standard InChI is InChI=1S/C19H25FN4/c1-4-18-13-19(22-15(3)21-18)24-10-8-23(9-11-24)14(2)16-6-5-7-17(20)12-16/h5-7,12-14H,4,8-11H2,1-3H3. The van der Waals surface area contributed by atoms with Gasteiger partial charge in [0.15, 0.2) is 0 Å². The third-order valence-corrected chi connectivity index (χ3v) is 4.76. The Kier molecular flexibility index (Phi) is 5.09. The lowest BCUT2D eigenvalue weighted by Gasteiger charge is -2.38. The molecule has 1 fully saturated rings. The molecule has 128 valence electrons. The molecule has 1 saturated heterocycles. The fraction of sp³-hybridized carbons (Fsp3) is 0.474. The van der Waals surface area contributed by atoms with E-state index >= 15 is 0 Å². The molecule has 0 saturated carbocycles. The number of benzene rings is 1. The molecular formula is C19H25FN4. The first-order chi connectivity index (χ1) is 11.6. The Bertz CT molecular complexity index is 696. The van der Waals surface area contributed by atoms with E-state index < -0.39 is 0 Å². The molecule has 1 atom stereocenters. The van der Waals surface area contributed by atoms with E-state index in [4.69, 9.17) is 0 Å². The van der Waals surface area contributed by atoms with Crippen LogP contribution in [0.3, 0.4) is 0 Å². The summed E-state index contributed by atoms with van der Waals surface area (Å²) in [5.41, 5.74) is 2.13. The quantitative estimate of drug-likeness (QED) is 0.861. The van der Waals surface area contributed by atoms with Crippen LogP contribution in [0.1, 0.15) is 37.0 Å². The Labute approximate surface area is 143 Å². The largest absolute Gasteiger partial charge is 0.354 e. The number of piperazine rings is 1. The van der Waals surface area contributed by atoms with Gasteiger partial charge in [-0.2, -0.15) is 0 Å². The highest BCUT2D eigenvalue weighted by molar-refractivity contribution is 5.40. The van der Waals surface area contributed by atoms with Gasteiger partial charge in [-0.3, -0.25) is 4.90 Å². The second-order valence-electron chi connectivity index (χ2n) is 6.37. The molecule has 1 aliphatic rings. The van der Waals surface area contributed by atoms with Gasteiger partial charge in [0.25, 0.3) is 0 Å². The summed E-state index contributed by atoms with van der Waals surface area (Å²) in [5, 5.41) is 0. The van der Waals surface area contributed by atoms with E-state index in [1.807, 2.05) is 13.0 Å². The molecule has 0 aliphatic carbocycles. The van der Waals surface area contributed by atoms with Crippen molar-refractivity contribution < 1.29 is 4.39 Å². The Balaban J connectivity index is 1.66. The molecule has 0 radical (unpaired) electrons. The first kappa shape index (κ1) is 16.8. The zero-order valence-electron chi connectivity index (χ0n) is 14.7. The summed E-state index contributed by atoms with van der Waals surface area (Å²) in [5.74, 6) is 1.69. The van der Waals surface area contributed by atoms with Gasteiger partial charge in [-0.1, -0.05) is 19.1 Å². The molecule has 1 aromatic carbocycles. The lowest BCUT2D eigenvalue weighted by molar-refractivity contribution is 0.198. The highest BCUT2D eigenvalue weighted by Gasteiger charge is 2.23. The van der Waals surface area contributed by atoms with Crippen molar-refractivity contribution in [3.05, 3.63) is 53.2 Å². The zero-order chi connectivity index (χ0) is 17.1. The fourth-order valence-electron chi connectivity index (χ4n) is 3.27. The van der Waals surface area contributed by atoms with Crippen molar-refractivity contribution in [3.8, 4) is 0 Å². The average molecular weight is 328 g/mol. The van der Waals surface area contributed by atoms with Gasteiger partial charge in [-0.25, -0.2) is 14.4 Å². The lowest BCUT2D eigenvalue weighted by Crippen LogP contribution is -2.47. The molecule has 24 heavy (non-hydrogen) atoms. The highest BCUT2D eigenvalue weighted by Crippen LogP contribution is 2.24. The summed E-state index contributed by atoms with van der Waals surface area (Å²) in [6.07, 6.45) is 0.924. The van der Waals surface area contributed by atoms with Crippen molar-refractivity contribution in [1.82, 2.24) is 14.9 Å². The molecule has 3 rings (SSSR count). The van der Waals surface area contributed by atoms with E-state index in [0.717, 1.165) is 55.5 Å². The number of rotatable bonds is 4. The Morgan fingerprint density at radius 2 is 1.88 bits per heavy atom. The van der Waals surface area contributed by atoms with E-state index in [1.165, 1.54) is 6.07 Å². The van der Waals surface area contributed by atoms with E-state index in [0.29, 0.717) is 0 Å². The number of aromatic nitrogens is 2. The molecule has 4 nitrogen and oxygen atoms in total. The second kappa shape index (κ2) is 7.26. The van der Waals surface area contributed by atoms with E-state index in [2.05, 4.69) is 39.7 Å². The number of halogens is 1. The van der Waals surface area contributed by atoms with E-state index in [-0.39, 0.29) is 11.9 Å². The van der Waals surface area contributed by atoms with E-state index in [1.54, 1.807) is 12.1 Å². The number of anilines is 1. The molecule has 0 spiro atoms. The van der Waals surface area contributed by atoms with Crippen LogP contribution in [0.15, 0.2) is 30.3 Å². The summed E-state index contributed by atoms with van der Waals surface area (Å²) in [7, 11) is 0. The molecular weight excluding hydrogens is 303 g/mol. The smallest absolute Gasteiger partial charge is 0.132 e. The minimum absolute atomic E-state index is 0.165. The maximum absolute atomic E-state index is 13.4. The van der Waals surface area contributed by atoms with Gasteiger partial charge in [0.2, 0.25) is 0 Å². The summed E-state index contributed by atoms with van der Waals surface area (Å²) in [6, 6.07) is 9.24. The lowest BCUT2D eigenvalue weighted by atomic mass is 10.1. The average Bonchev–Trinajstić information content (AvgIpc) is 2.60. The molecule has 0 N–H and O–H groups in total. The molecule has 1 unspecified atom stereocenters. The van der Waals surface area contributed by atoms with Crippen molar-refractivity contribution in [1.29, 1.82) is 0 Å². The van der Waals surface area contributed by atoms with Crippen LogP contribution in [0.4, 0.5) is 10.2 Å². The Morgan fingerprint density at radius 1 is 1.12 bits per heavy atom. The summed E-state index contributed by atoms with van der Waals surface area (Å²) in [6.45, 7) is 9.96. The Morgan fingerprint density at radius 3 is 2.54 bits per heavy atom. The monoisotopic (exact) mass is 328 g/mol. The summed E-state index contributed by atoms with van der Waals surface area (Å²) < 4.78 is 13.4. The number of hydrogen-bond donors (Lipinski definition) is 0. The van der Waals surface area contributed by atoms with Crippen molar-refractivity contribution in [2.24, 2.45) is 0 Å². The molecule has 0 bridgehead atoms. The predicted molar refractivity (Wildman–Crippen MR) is 94.7 cm³/mol. The van der Waals surface area contributed by atoms with Crippen LogP contribution in [0.5, 0.6) is 0 Å². The summed E-state index contributed by atoms with van der Waals surface area (Å²) >= 11 is 0. The van der Waals surface area contributed by atoms with Gasteiger partial charge < -0.3 is 4.90 Å². The summed E-state index contributed by atoms with van der Waals surface area (Å²) in [4.78, 5) is 13.8. The first-order valence-electron chi connectivity index (χ1n) is 8.66. The predicted octanol–water partition coefficient (Wildman–Crippen LogP) is 3.37. The molecule has 1 aromatic heterocycles. The highest BCUT2D eigenvalue weighted by atomic mass is 19.1. The van der Waals surface area contributed by atoms with Gasteiger partial charge in [-0.15, -0.1) is 0 Å².